The lowest BCUT2D eigenvalue weighted by Crippen LogP contribution is -2.44. The van der Waals surface area contributed by atoms with Crippen molar-refractivity contribution in [3.63, 3.8) is 0 Å². The summed E-state index contributed by atoms with van der Waals surface area (Å²) in [6.45, 7) is 0.901. The zero-order valence-electron chi connectivity index (χ0n) is 11.2. The van der Waals surface area contributed by atoms with Crippen LogP contribution in [-0.4, -0.2) is 35.2 Å². The number of hydrogen-bond donors (Lipinski definition) is 2. The van der Waals surface area contributed by atoms with E-state index in [-0.39, 0.29) is 12.6 Å². The molecule has 104 valence electrons. The SMILES string of the molecule is O=C(NC1CCCC1)N(CCO)Cc1ccccc1. The number of aliphatic hydroxyl groups is 1. The van der Waals surface area contributed by atoms with Crippen LogP contribution in [0.25, 0.3) is 0 Å². The van der Waals surface area contributed by atoms with Crippen LogP contribution in [0.1, 0.15) is 31.2 Å². The Morgan fingerprint density at radius 3 is 2.58 bits per heavy atom. The van der Waals surface area contributed by atoms with Gasteiger partial charge in [0.1, 0.15) is 0 Å². The molecule has 1 aromatic carbocycles. The normalized spacial score (nSPS) is 15.4. The Labute approximate surface area is 114 Å². The molecule has 19 heavy (non-hydrogen) atoms. The van der Waals surface area contributed by atoms with Crippen molar-refractivity contribution in [2.24, 2.45) is 0 Å². The fraction of sp³-hybridized carbons (Fsp3) is 0.533. The fourth-order valence-corrected chi connectivity index (χ4v) is 2.51. The number of carbonyl (C=O) groups excluding carboxylic acids is 1. The van der Waals surface area contributed by atoms with Gasteiger partial charge in [-0.05, 0) is 18.4 Å². The van der Waals surface area contributed by atoms with Gasteiger partial charge >= 0.3 is 6.03 Å². The smallest absolute Gasteiger partial charge is 0.317 e. The summed E-state index contributed by atoms with van der Waals surface area (Å²) in [5.41, 5.74) is 1.08. The number of amides is 2. The number of urea groups is 1. The van der Waals surface area contributed by atoms with Gasteiger partial charge < -0.3 is 15.3 Å². The summed E-state index contributed by atoms with van der Waals surface area (Å²) < 4.78 is 0. The minimum absolute atomic E-state index is 0.00901. The first-order valence-corrected chi connectivity index (χ1v) is 7.00. The summed E-state index contributed by atoms with van der Waals surface area (Å²) in [5.74, 6) is 0. The van der Waals surface area contributed by atoms with Crippen LogP contribution in [0.2, 0.25) is 0 Å². The molecule has 1 fully saturated rings. The number of rotatable bonds is 5. The number of carbonyl (C=O) groups is 1. The largest absolute Gasteiger partial charge is 0.395 e. The van der Waals surface area contributed by atoms with E-state index in [1.165, 1.54) is 12.8 Å². The van der Waals surface area contributed by atoms with E-state index in [4.69, 9.17) is 5.11 Å². The lowest BCUT2D eigenvalue weighted by Gasteiger charge is -2.24. The van der Waals surface area contributed by atoms with Crippen LogP contribution in [0.4, 0.5) is 4.79 Å². The number of nitrogens with one attached hydrogen (secondary N) is 1. The molecule has 2 rings (SSSR count). The van der Waals surface area contributed by atoms with Crippen molar-refractivity contribution in [1.29, 1.82) is 0 Å². The van der Waals surface area contributed by atoms with Gasteiger partial charge in [0, 0.05) is 19.1 Å². The molecule has 0 aromatic heterocycles. The van der Waals surface area contributed by atoms with Crippen LogP contribution >= 0.6 is 0 Å². The van der Waals surface area contributed by atoms with E-state index in [0.29, 0.717) is 19.1 Å². The third-order valence-electron chi connectivity index (χ3n) is 3.56. The maximum absolute atomic E-state index is 12.2. The standard InChI is InChI=1S/C15H22N2O2/c18-11-10-17(12-13-6-2-1-3-7-13)15(19)16-14-8-4-5-9-14/h1-3,6-7,14,18H,4-5,8-12H2,(H,16,19). The lowest BCUT2D eigenvalue weighted by molar-refractivity contribution is 0.171. The van der Waals surface area contributed by atoms with Crippen molar-refractivity contribution < 1.29 is 9.90 Å². The van der Waals surface area contributed by atoms with Crippen molar-refractivity contribution in [3.05, 3.63) is 35.9 Å². The summed E-state index contributed by atoms with van der Waals surface area (Å²) in [4.78, 5) is 13.9. The highest BCUT2D eigenvalue weighted by Gasteiger charge is 2.20. The van der Waals surface area contributed by atoms with Gasteiger partial charge in [0.15, 0.2) is 0 Å². The molecule has 1 aliphatic rings. The molecule has 1 aliphatic carbocycles. The van der Waals surface area contributed by atoms with E-state index in [1.54, 1.807) is 4.90 Å². The summed E-state index contributed by atoms with van der Waals surface area (Å²) in [7, 11) is 0. The van der Waals surface area contributed by atoms with Gasteiger partial charge in [0.25, 0.3) is 0 Å². The highest BCUT2D eigenvalue weighted by Crippen LogP contribution is 2.18. The maximum Gasteiger partial charge on any atom is 0.317 e. The van der Waals surface area contributed by atoms with E-state index >= 15 is 0 Å². The Balaban J connectivity index is 1.92. The van der Waals surface area contributed by atoms with Crippen LogP contribution < -0.4 is 5.32 Å². The molecule has 0 radical (unpaired) electrons. The molecule has 0 atom stereocenters. The topological polar surface area (TPSA) is 52.6 Å². The molecule has 1 aromatic rings. The Bertz CT molecular complexity index is 388. The Kier molecular flexibility index (Phi) is 5.21. The van der Waals surface area contributed by atoms with Crippen LogP contribution in [0.15, 0.2) is 30.3 Å². The summed E-state index contributed by atoms with van der Waals surface area (Å²) in [6, 6.07) is 10.1. The first kappa shape index (κ1) is 13.9. The molecule has 0 aliphatic heterocycles. The second-order valence-corrected chi connectivity index (χ2v) is 5.06. The van der Waals surface area contributed by atoms with E-state index < -0.39 is 0 Å². The molecular weight excluding hydrogens is 240 g/mol. The van der Waals surface area contributed by atoms with E-state index in [9.17, 15) is 4.79 Å². The van der Waals surface area contributed by atoms with Gasteiger partial charge in [-0.3, -0.25) is 0 Å². The summed E-state index contributed by atoms with van der Waals surface area (Å²) in [5, 5.41) is 12.2. The summed E-state index contributed by atoms with van der Waals surface area (Å²) >= 11 is 0. The second-order valence-electron chi connectivity index (χ2n) is 5.06. The third kappa shape index (κ3) is 4.24. The summed E-state index contributed by atoms with van der Waals surface area (Å²) in [6.07, 6.45) is 4.54. The van der Waals surface area contributed by atoms with Gasteiger partial charge in [0.05, 0.1) is 6.61 Å². The average Bonchev–Trinajstić information content (AvgIpc) is 2.92. The number of benzene rings is 1. The van der Waals surface area contributed by atoms with E-state index in [2.05, 4.69) is 5.32 Å². The van der Waals surface area contributed by atoms with Gasteiger partial charge in [-0.25, -0.2) is 4.79 Å². The van der Waals surface area contributed by atoms with Crippen molar-refractivity contribution >= 4 is 6.03 Å². The molecule has 0 heterocycles. The molecule has 1 saturated carbocycles. The van der Waals surface area contributed by atoms with Gasteiger partial charge in [-0.15, -0.1) is 0 Å². The molecule has 0 bridgehead atoms. The van der Waals surface area contributed by atoms with Crippen molar-refractivity contribution in [1.82, 2.24) is 10.2 Å². The minimum atomic E-state index is -0.0650. The molecule has 0 unspecified atom stereocenters. The maximum atomic E-state index is 12.2. The minimum Gasteiger partial charge on any atom is -0.395 e. The predicted octanol–water partition coefficient (Wildman–Crippen LogP) is 2.13. The molecule has 2 amide bonds. The van der Waals surface area contributed by atoms with Crippen molar-refractivity contribution in [3.8, 4) is 0 Å². The molecular formula is C15H22N2O2. The second kappa shape index (κ2) is 7.14. The Morgan fingerprint density at radius 1 is 1.26 bits per heavy atom. The third-order valence-corrected chi connectivity index (χ3v) is 3.56. The quantitative estimate of drug-likeness (QED) is 0.854. The highest BCUT2D eigenvalue weighted by molar-refractivity contribution is 5.74. The van der Waals surface area contributed by atoms with Crippen LogP contribution in [0.5, 0.6) is 0 Å². The van der Waals surface area contributed by atoms with E-state index in [0.717, 1.165) is 18.4 Å². The zero-order chi connectivity index (χ0) is 13.5. The highest BCUT2D eigenvalue weighted by atomic mass is 16.3. The van der Waals surface area contributed by atoms with Crippen LogP contribution in [0, 0.1) is 0 Å². The van der Waals surface area contributed by atoms with Crippen LogP contribution in [0.3, 0.4) is 0 Å². The van der Waals surface area contributed by atoms with Gasteiger partial charge in [0.2, 0.25) is 0 Å². The predicted molar refractivity (Wildman–Crippen MR) is 74.7 cm³/mol. The van der Waals surface area contributed by atoms with E-state index in [1.807, 2.05) is 30.3 Å². The van der Waals surface area contributed by atoms with Crippen molar-refractivity contribution in [2.75, 3.05) is 13.2 Å². The number of aliphatic hydroxyl groups excluding tert-OH is 1. The molecule has 0 saturated heterocycles. The average molecular weight is 262 g/mol. The Hall–Kier alpha value is -1.55. The number of hydrogen-bond acceptors (Lipinski definition) is 2. The monoisotopic (exact) mass is 262 g/mol. The molecule has 2 N–H and O–H groups in total. The molecule has 0 spiro atoms. The van der Waals surface area contributed by atoms with Crippen molar-refractivity contribution in [2.45, 2.75) is 38.3 Å². The Morgan fingerprint density at radius 2 is 1.95 bits per heavy atom. The molecule has 4 nitrogen and oxygen atoms in total. The van der Waals surface area contributed by atoms with Crippen LogP contribution in [-0.2, 0) is 6.54 Å². The first-order valence-electron chi connectivity index (χ1n) is 7.00. The first-order chi connectivity index (χ1) is 9.29. The molecule has 4 heteroatoms. The van der Waals surface area contributed by atoms with Gasteiger partial charge in [-0.1, -0.05) is 43.2 Å². The fourth-order valence-electron chi connectivity index (χ4n) is 2.51. The zero-order valence-corrected chi connectivity index (χ0v) is 11.2. The van der Waals surface area contributed by atoms with Gasteiger partial charge in [-0.2, -0.15) is 0 Å². The lowest BCUT2D eigenvalue weighted by atomic mass is 10.2. The number of nitrogens with zero attached hydrogens (tertiary/aromatic N) is 1.